The predicted molar refractivity (Wildman–Crippen MR) is 104 cm³/mol. The molecule has 0 aliphatic carbocycles. The number of carbonyl (C=O) groups excluding carboxylic acids is 2. The topological polar surface area (TPSA) is 58.6 Å². The lowest BCUT2D eigenvalue weighted by Gasteiger charge is -2.22. The largest absolute Gasteiger partial charge is 0.497 e. The second-order valence-electron chi connectivity index (χ2n) is 5.63. The molecular weight excluding hydrogens is 375 g/mol. The molecule has 0 aromatic heterocycles. The molecule has 0 unspecified atom stereocenters. The van der Waals surface area contributed by atoms with Gasteiger partial charge in [0.25, 0.3) is 5.91 Å². The third-order valence-electron chi connectivity index (χ3n) is 3.64. The Balaban J connectivity index is 2.11. The molecule has 0 aliphatic heterocycles. The fourth-order valence-electron chi connectivity index (χ4n) is 2.41. The van der Waals surface area contributed by atoms with Crippen molar-refractivity contribution in [3.05, 3.63) is 58.1 Å². The van der Waals surface area contributed by atoms with Crippen molar-refractivity contribution >= 4 is 40.7 Å². The third kappa shape index (κ3) is 5.38. The molecule has 5 nitrogen and oxygen atoms in total. The molecule has 0 aliphatic rings. The molecule has 1 N–H and O–H groups in total. The number of hydrogen-bond donors (Lipinski definition) is 1. The van der Waals surface area contributed by atoms with Crippen molar-refractivity contribution in [2.24, 2.45) is 0 Å². The summed E-state index contributed by atoms with van der Waals surface area (Å²) in [5, 5.41) is 3.53. The average molecular weight is 395 g/mol. The number of nitrogens with zero attached hydrogens (tertiary/aromatic N) is 1. The summed E-state index contributed by atoms with van der Waals surface area (Å²) in [5.74, 6) is 0.0201. The first-order valence-corrected chi connectivity index (χ1v) is 8.88. The lowest BCUT2D eigenvalue weighted by Crippen LogP contribution is -2.38. The van der Waals surface area contributed by atoms with Gasteiger partial charge in [-0.1, -0.05) is 36.2 Å². The van der Waals surface area contributed by atoms with Crippen molar-refractivity contribution in [3.8, 4) is 5.75 Å². The lowest BCUT2D eigenvalue weighted by atomic mass is 10.2. The van der Waals surface area contributed by atoms with Gasteiger partial charge >= 0.3 is 0 Å². The molecule has 138 valence electrons. The van der Waals surface area contributed by atoms with E-state index in [0.29, 0.717) is 33.6 Å². The summed E-state index contributed by atoms with van der Waals surface area (Å²) in [5.41, 5.74) is 0.918. The SMILES string of the molecule is CCCN(CC(=O)Nc1ccc(Cl)cc1Cl)C(=O)c1cccc(OC)c1. The molecule has 2 rings (SSSR count). The van der Waals surface area contributed by atoms with Gasteiger partial charge in [-0.15, -0.1) is 0 Å². The maximum absolute atomic E-state index is 12.7. The van der Waals surface area contributed by atoms with Crippen LogP contribution in [0.4, 0.5) is 5.69 Å². The summed E-state index contributed by atoms with van der Waals surface area (Å²) in [6.07, 6.45) is 0.727. The second-order valence-corrected chi connectivity index (χ2v) is 6.47. The highest BCUT2D eigenvalue weighted by molar-refractivity contribution is 6.36. The van der Waals surface area contributed by atoms with Gasteiger partial charge < -0.3 is 15.0 Å². The van der Waals surface area contributed by atoms with E-state index in [1.807, 2.05) is 6.92 Å². The van der Waals surface area contributed by atoms with Gasteiger partial charge in [0.1, 0.15) is 12.3 Å². The summed E-state index contributed by atoms with van der Waals surface area (Å²) in [4.78, 5) is 26.6. The molecule has 2 aromatic rings. The van der Waals surface area contributed by atoms with Crippen LogP contribution in [0.1, 0.15) is 23.7 Å². The Morgan fingerprint density at radius 3 is 2.58 bits per heavy atom. The van der Waals surface area contributed by atoms with E-state index >= 15 is 0 Å². The monoisotopic (exact) mass is 394 g/mol. The van der Waals surface area contributed by atoms with Gasteiger partial charge in [0.05, 0.1) is 17.8 Å². The van der Waals surface area contributed by atoms with Crippen LogP contribution in [-0.4, -0.2) is 36.9 Å². The number of anilines is 1. The zero-order chi connectivity index (χ0) is 19.1. The number of carbonyl (C=O) groups is 2. The number of amides is 2. The average Bonchev–Trinajstić information content (AvgIpc) is 2.63. The number of rotatable bonds is 7. The Bertz CT molecular complexity index is 796. The van der Waals surface area contributed by atoms with Crippen molar-refractivity contribution in [2.75, 3.05) is 25.5 Å². The van der Waals surface area contributed by atoms with Gasteiger partial charge in [-0.25, -0.2) is 0 Å². The predicted octanol–water partition coefficient (Wildman–Crippen LogP) is 4.49. The van der Waals surface area contributed by atoms with E-state index in [4.69, 9.17) is 27.9 Å². The molecule has 2 aromatic carbocycles. The van der Waals surface area contributed by atoms with Crippen LogP contribution in [0, 0.1) is 0 Å². The first-order chi connectivity index (χ1) is 12.4. The fourth-order valence-corrected chi connectivity index (χ4v) is 2.87. The van der Waals surface area contributed by atoms with Gasteiger partial charge in [0.15, 0.2) is 0 Å². The van der Waals surface area contributed by atoms with E-state index < -0.39 is 0 Å². The summed E-state index contributed by atoms with van der Waals surface area (Å²) < 4.78 is 5.15. The quantitative estimate of drug-likeness (QED) is 0.752. The van der Waals surface area contributed by atoms with Crippen molar-refractivity contribution in [1.29, 1.82) is 0 Å². The molecule has 26 heavy (non-hydrogen) atoms. The standard InChI is InChI=1S/C19H20Cl2N2O3/c1-3-9-23(19(25)13-5-4-6-15(10-13)26-2)12-18(24)22-17-8-7-14(20)11-16(17)21/h4-8,10-11H,3,9,12H2,1-2H3,(H,22,24). The summed E-state index contributed by atoms with van der Waals surface area (Å²) in [7, 11) is 1.54. The molecule has 0 saturated carbocycles. The van der Waals surface area contributed by atoms with E-state index in [1.165, 1.54) is 12.0 Å². The van der Waals surface area contributed by atoms with Crippen LogP contribution in [0.3, 0.4) is 0 Å². The number of halogens is 2. The third-order valence-corrected chi connectivity index (χ3v) is 4.18. The van der Waals surface area contributed by atoms with Gasteiger partial charge in [-0.3, -0.25) is 9.59 Å². The molecule has 2 amide bonds. The van der Waals surface area contributed by atoms with Crippen molar-refractivity contribution in [3.63, 3.8) is 0 Å². The van der Waals surface area contributed by atoms with E-state index in [9.17, 15) is 9.59 Å². The van der Waals surface area contributed by atoms with Crippen molar-refractivity contribution in [2.45, 2.75) is 13.3 Å². The Morgan fingerprint density at radius 1 is 1.15 bits per heavy atom. The summed E-state index contributed by atoms with van der Waals surface area (Å²) >= 11 is 11.9. The van der Waals surface area contributed by atoms with Crippen LogP contribution in [0.15, 0.2) is 42.5 Å². The van der Waals surface area contributed by atoms with Gasteiger partial charge in [0.2, 0.25) is 5.91 Å². The van der Waals surface area contributed by atoms with E-state index in [2.05, 4.69) is 5.32 Å². The highest BCUT2D eigenvalue weighted by atomic mass is 35.5. The Hall–Kier alpha value is -2.24. The maximum Gasteiger partial charge on any atom is 0.254 e. The molecule has 0 fully saturated rings. The lowest BCUT2D eigenvalue weighted by molar-refractivity contribution is -0.116. The van der Waals surface area contributed by atoms with Crippen LogP contribution < -0.4 is 10.1 Å². The molecule has 0 saturated heterocycles. The number of hydrogen-bond acceptors (Lipinski definition) is 3. The smallest absolute Gasteiger partial charge is 0.254 e. The first kappa shape index (κ1) is 20.1. The Kier molecular flexibility index (Phi) is 7.30. The molecular formula is C19H20Cl2N2O3. The van der Waals surface area contributed by atoms with Crippen LogP contribution >= 0.6 is 23.2 Å². The molecule has 0 radical (unpaired) electrons. The number of benzene rings is 2. The van der Waals surface area contributed by atoms with Crippen LogP contribution in [-0.2, 0) is 4.79 Å². The minimum Gasteiger partial charge on any atom is -0.497 e. The van der Waals surface area contributed by atoms with Crippen LogP contribution in [0.5, 0.6) is 5.75 Å². The van der Waals surface area contributed by atoms with E-state index in [0.717, 1.165) is 6.42 Å². The minimum absolute atomic E-state index is 0.0805. The summed E-state index contributed by atoms with van der Waals surface area (Å²) in [6.45, 7) is 2.32. The van der Waals surface area contributed by atoms with Gasteiger partial charge in [-0.05, 0) is 42.8 Å². The van der Waals surface area contributed by atoms with Crippen molar-refractivity contribution < 1.29 is 14.3 Å². The number of ether oxygens (including phenoxy) is 1. The molecule has 0 atom stereocenters. The van der Waals surface area contributed by atoms with Gasteiger partial charge in [0, 0.05) is 17.1 Å². The molecule has 0 spiro atoms. The van der Waals surface area contributed by atoms with E-state index in [-0.39, 0.29) is 18.4 Å². The fraction of sp³-hybridized carbons (Fsp3) is 0.263. The minimum atomic E-state index is -0.334. The Labute approximate surface area is 162 Å². The van der Waals surface area contributed by atoms with E-state index in [1.54, 1.807) is 42.5 Å². The zero-order valence-corrected chi connectivity index (χ0v) is 16.1. The van der Waals surface area contributed by atoms with Crippen LogP contribution in [0.25, 0.3) is 0 Å². The number of methoxy groups -OCH3 is 1. The highest BCUT2D eigenvalue weighted by Gasteiger charge is 2.19. The van der Waals surface area contributed by atoms with Crippen molar-refractivity contribution in [1.82, 2.24) is 4.90 Å². The zero-order valence-electron chi connectivity index (χ0n) is 14.6. The Morgan fingerprint density at radius 2 is 1.92 bits per heavy atom. The first-order valence-electron chi connectivity index (χ1n) is 8.12. The van der Waals surface area contributed by atoms with Gasteiger partial charge in [-0.2, -0.15) is 0 Å². The molecule has 0 heterocycles. The number of nitrogens with one attached hydrogen (secondary N) is 1. The molecule has 0 bridgehead atoms. The second kappa shape index (κ2) is 9.46. The van der Waals surface area contributed by atoms with Crippen LogP contribution in [0.2, 0.25) is 10.0 Å². The molecule has 7 heteroatoms. The highest BCUT2D eigenvalue weighted by Crippen LogP contribution is 2.25. The maximum atomic E-state index is 12.7. The summed E-state index contributed by atoms with van der Waals surface area (Å²) in [6, 6.07) is 11.6. The normalized spacial score (nSPS) is 10.3.